The van der Waals surface area contributed by atoms with E-state index in [1.54, 1.807) is 11.0 Å². The Labute approximate surface area is 111 Å². The quantitative estimate of drug-likeness (QED) is 0.814. The Balaban J connectivity index is 2.17. The van der Waals surface area contributed by atoms with Gasteiger partial charge >= 0.3 is 0 Å². The van der Waals surface area contributed by atoms with Crippen LogP contribution in [0.3, 0.4) is 0 Å². The van der Waals surface area contributed by atoms with E-state index in [1.165, 1.54) is 0 Å². The van der Waals surface area contributed by atoms with Crippen LogP contribution in [0.25, 0.3) is 0 Å². The van der Waals surface area contributed by atoms with E-state index in [0.717, 1.165) is 22.6 Å². The van der Waals surface area contributed by atoms with Crippen molar-refractivity contribution in [1.29, 1.82) is 0 Å². The molecular weight excluding hydrogens is 246 g/mol. The summed E-state index contributed by atoms with van der Waals surface area (Å²) in [5.74, 6) is 0.730. The number of aromatic nitrogens is 3. The van der Waals surface area contributed by atoms with Gasteiger partial charge in [-0.25, -0.2) is 4.98 Å². The lowest BCUT2D eigenvalue weighted by molar-refractivity contribution is 0.747. The maximum atomic E-state index is 5.69. The lowest BCUT2D eigenvalue weighted by atomic mass is 10.1. The minimum Gasteiger partial charge on any atom is -0.389 e. The normalized spacial score (nSPS) is 10.3. The number of hydrogen-bond acceptors (Lipinski definition) is 4. The van der Waals surface area contributed by atoms with Crippen LogP contribution in [0.1, 0.15) is 17.0 Å². The molecule has 0 saturated heterocycles. The fraction of sp³-hybridized carbons (Fsp3) is 0.250. The van der Waals surface area contributed by atoms with Crippen molar-refractivity contribution in [2.45, 2.75) is 13.5 Å². The van der Waals surface area contributed by atoms with Gasteiger partial charge < -0.3 is 11.1 Å². The molecule has 0 fully saturated rings. The van der Waals surface area contributed by atoms with Gasteiger partial charge in [-0.3, -0.25) is 4.68 Å². The predicted octanol–water partition coefficient (Wildman–Crippen LogP) is 1.37. The first-order valence-corrected chi connectivity index (χ1v) is 5.96. The molecule has 0 unspecified atom stereocenters. The van der Waals surface area contributed by atoms with Crippen LogP contribution in [0.5, 0.6) is 0 Å². The largest absolute Gasteiger partial charge is 0.389 e. The number of nitrogens with zero attached hydrogens (tertiary/aromatic N) is 3. The summed E-state index contributed by atoms with van der Waals surface area (Å²) in [6.45, 7) is 2.56. The maximum Gasteiger partial charge on any atom is 0.169 e. The first-order chi connectivity index (χ1) is 8.56. The zero-order chi connectivity index (χ0) is 13.1. The molecule has 0 aliphatic heterocycles. The van der Waals surface area contributed by atoms with E-state index in [1.807, 2.05) is 32.2 Å². The van der Waals surface area contributed by atoms with Gasteiger partial charge in [0.1, 0.15) is 11.3 Å². The molecule has 1 heterocycles. The molecule has 0 amide bonds. The number of nitrogens with two attached hydrogens (primary N) is 1. The van der Waals surface area contributed by atoms with Crippen LogP contribution in [0.4, 0.5) is 5.69 Å². The summed E-state index contributed by atoms with van der Waals surface area (Å²) >= 11 is 5.03. The van der Waals surface area contributed by atoms with E-state index in [9.17, 15) is 0 Å². The summed E-state index contributed by atoms with van der Waals surface area (Å²) in [6, 6.07) is 5.92. The number of anilines is 1. The van der Waals surface area contributed by atoms with Crippen molar-refractivity contribution in [3.63, 3.8) is 0 Å². The van der Waals surface area contributed by atoms with Crippen molar-refractivity contribution in [2.75, 3.05) is 5.32 Å². The summed E-state index contributed by atoms with van der Waals surface area (Å²) < 4.78 is 1.67. The van der Waals surface area contributed by atoms with Gasteiger partial charge in [-0.2, -0.15) is 5.10 Å². The molecule has 3 N–H and O–H groups in total. The fourth-order valence-corrected chi connectivity index (χ4v) is 1.84. The third kappa shape index (κ3) is 2.84. The Morgan fingerprint density at radius 3 is 2.89 bits per heavy atom. The SMILES string of the molecule is Cc1ccc(C(N)=S)c(NCc2ncn(C)n2)c1. The molecule has 0 spiro atoms. The predicted molar refractivity (Wildman–Crippen MR) is 75.4 cm³/mol. The van der Waals surface area contributed by atoms with Crippen molar-refractivity contribution >= 4 is 22.9 Å². The van der Waals surface area contributed by atoms with Crippen molar-refractivity contribution in [2.24, 2.45) is 12.8 Å². The maximum absolute atomic E-state index is 5.69. The minimum absolute atomic E-state index is 0.381. The highest BCUT2D eigenvalue weighted by Crippen LogP contribution is 2.18. The van der Waals surface area contributed by atoms with Crippen molar-refractivity contribution < 1.29 is 0 Å². The zero-order valence-electron chi connectivity index (χ0n) is 10.3. The van der Waals surface area contributed by atoms with Gasteiger partial charge in [-0.1, -0.05) is 18.3 Å². The third-order valence-corrected chi connectivity index (χ3v) is 2.74. The van der Waals surface area contributed by atoms with Crippen molar-refractivity contribution in [3.05, 3.63) is 41.5 Å². The molecular formula is C12H15N5S. The van der Waals surface area contributed by atoms with E-state index in [0.29, 0.717) is 11.5 Å². The highest BCUT2D eigenvalue weighted by atomic mass is 32.1. The molecule has 0 bridgehead atoms. The van der Waals surface area contributed by atoms with Gasteiger partial charge in [-0.15, -0.1) is 0 Å². The van der Waals surface area contributed by atoms with Gasteiger partial charge in [0, 0.05) is 18.3 Å². The Morgan fingerprint density at radius 2 is 2.28 bits per heavy atom. The fourth-order valence-electron chi connectivity index (χ4n) is 1.66. The first-order valence-electron chi connectivity index (χ1n) is 5.55. The summed E-state index contributed by atoms with van der Waals surface area (Å²) in [7, 11) is 1.84. The highest BCUT2D eigenvalue weighted by Gasteiger charge is 2.06. The van der Waals surface area contributed by atoms with E-state index >= 15 is 0 Å². The standard InChI is InChI=1S/C12H15N5S/c1-8-3-4-9(12(13)18)10(5-8)14-6-11-15-7-17(2)16-11/h3-5,7,14H,6H2,1-2H3,(H2,13,18). The molecule has 1 aromatic heterocycles. The Kier molecular flexibility index (Phi) is 3.57. The van der Waals surface area contributed by atoms with E-state index < -0.39 is 0 Å². The van der Waals surface area contributed by atoms with Crippen molar-refractivity contribution in [1.82, 2.24) is 14.8 Å². The molecule has 1 aromatic carbocycles. The van der Waals surface area contributed by atoms with Gasteiger partial charge in [0.05, 0.1) is 6.54 Å². The molecule has 2 rings (SSSR count). The van der Waals surface area contributed by atoms with Crippen LogP contribution in [0.15, 0.2) is 24.5 Å². The van der Waals surface area contributed by atoms with Crippen LogP contribution in [0.2, 0.25) is 0 Å². The lowest BCUT2D eigenvalue weighted by Crippen LogP contribution is -2.13. The Morgan fingerprint density at radius 1 is 1.50 bits per heavy atom. The van der Waals surface area contributed by atoms with Crippen LogP contribution in [0, 0.1) is 6.92 Å². The molecule has 6 heteroatoms. The third-order valence-electron chi connectivity index (χ3n) is 2.52. The van der Waals surface area contributed by atoms with Gasteiger partial charge in [0.25, 0.3) is 0 Å². The second kappa shape index (κ2) is 5.14. The Bertz CT molecular complexity index is 576. The monoisotopic (exact) mass is 261 g/mol. The number of thiocarbonyl (C=S) groups is 1. The molecule has 0 aliphatic carbocycles. The van der Waals surface area contributed by atoms with Crippen LogP contribution >= 0.6 is 12.2 Å². The molecule has 0 atom stereocenters. The molecule has 2 aromatic rings. The molecule has 0 aliphatic rings. The number of rotatable bonds is 4. The van der Waals surface area contributed by atoms with Crippen LogP contribution < -0.4 is 11.1 Å². The highest BCUT2D eigenvalue weighted by molar-refractivity contribution is 7.80. The number of hydrogen-bond donors (Lipinski definition) is 2. The summed E-state index contributed by atoms with van der Waals surface area (Å²) in [5.41, 5.74) is 8.59. The van der Waals surface area contributed by atoms with Crippen molar-refractivity contribution in [3.8, 4) is 0 Å². The second-order valence-electron chi connectivity index (χ2n) is 4.10. The van der Waals surface area contributed by atoms with Crippen LogP contribution in [-0.4, -0.2) is 19.8 Å². The van der Waals surface area contributed by atoms with E-state index in [2.05, 4.69) is 15.4 Å². The zero-order valence-corrected chi connectivity index (χ0v) is 11.2. The average Bonchev–Trinajstić information content (AvgIpc) is 2.72. The summed E-state index contributed by atoms with van der Waals surface area (Å²) in [4.78, 5) is 4.53. The molecule has 5 nitrogen and oxygen atoms in total. The summed E-state index contributed by atoms with van der Waals surface area (Å²) in [6.07, 6.45) is 1.67. The topological polar surface area (TPSA) is 68.8 Å². The smallest absolute Gasteiger partial charge is 0.169 e. The number of aryl methyl sites for hydroxylation is 2. The van der Waals surface area contributed by atoms with E-state index in [-0.39, 0.29) is 0 Å². The Hall–Kier alpha value is -1.95. The molecule has 94 valence electrons. The van der Waals surface area contributed by atoms with Gasteiger partial charge in [0.15, 0.2) is 5.82 Å². The molecule has 0 radical (unpaired) electrons. The minimum atomic E-state index is 0.381. The van der Waals surface area contributed by atoms with Gasteiger partial charge in [-0.05, 0) is 24.6 Å². The lowest BCUT2D eigenvalue weighted by Gasteiger charge is -2.10. The average molecular weight is 261 g/mol. The second-order valence-corrected chi connectivity index (χ2v) is 4.54. The van der Waals surface area contributed by atoms with E-state index in [4.69, 9.17) is 18.0 Å². The van der Waals surface area contributed by atoms with Crippen LogP contribution in [-0.2, 0) is 13.6 Å². The number of nitrogens with one attached hydrogen (secondary N) is 1. The summed E-state index contributed by atoms with van der Waals surface area (Å²) in [5, 5.41) is 7.46. The van der Waals surface area contributed by atoms with Gasteiger partial charge in [0.2, 0.25) is 0 Å². The number of benzene rings is 1. The molecule has 0 saturated carbocycles. The first kappa shape index (κ1) is 12.5. The molecule has 18 heavy (non-hydrogen) atoms.